The summed E-state index contributed by atoms with van der Waals surface area (Å²) in [5.74, 6) is -0.616. The van der Waals surface area contributed by atoms with Gasteiger partial charge in [0.15, 0.2) is 0 Å². The maximum Gasteiger partial charge on any atom is 0.354 e. The molecule has 0 aliphatic rings. The molecular formula is C12H17NO4. The lowest BCUT2D eigenvalue weighted by Crippen LogP contribution is -2.07. The largest absolute Gasteiger partial charge is 0.466 e. The van der Waals surface area contributed by atoms with Gasteiger partial charge >= 0.3 is 11.9 Å². The van der Waals surface area contributed by atoms with Crippen molar-refractivity contribution >= 4 is 11.9 Å². The first-order valence-electron chi connectivity index (χ1n) is 5.68. The standard InChI is InChI=1S/C12H17NO4/c1-3-16-11(14)8-6-9-5-7-10(13-9)12(15)17-4-2/h5,7,13H,3-4,6,8H2,1-2H3. The molecule has 0 amide bonds. The van der Waals surface area contributed by atoms with E-state index in [1.807, 2.05) is 0 Å². The number of hydrogen-bond acceptors (Lipinski definition) is 4. The monoisotopic (exact) mass is 239 g/mol. The highest BCUT2D eigenvalue weighted by Crippen LogP contribution is 2.06. The highest BCUT2D eigenvalue weighted by molar-refractivity contribution is 5.87. The number of carbonyl (C=O) groups excluding carboxylic acids is 2. The lowest BCUT2D eigenvalue weighted by atomic mass is 10.2. The molecule has 0 aliphatic carbocycles. The molecule has 0 radical (unpaired) electrons. The fourth-order valence-electron chi connectivity index (χ4n) is 1.38. The van der Waals surface area contributed by atoms with E-state index in [9.17, 15) is 9.59 Å². The van der Waals surface area contributed by atoms with Crippen molar-refractivity contribution in [1.82, 2.24) is 4.98 Å². The van der Waals surface area contributed by atoms with Gasteiger partial charge in [-0.25, -0.2) is 4.79 Å². The van der Waals surface area contributed by atoms with Crippen LogP contribution in [0.25, 0.3) is 0 Å². The minimum absolute atomic E-state index is 0.236. The maximum atomic E-state index is 11.4. The van der Waals surface area contributed by atoms with Crippen LogP contribution in [0.3, 0.4) is 0 Å². The zero-order chi connectivity index (χ0) is 12.7. The summed E-state index contributed by atoms with van der Waals surface area (Å²) in [5.41, 5.74) is 1.23. The van der Waals surface area contributed by atoms with Gasteiger partial charge in [-0.1, -0.05) is 0 Å². The van der Waals surface area contributed by atoms with Gasteiger partial charge in [0.05, 0.1) is 19.6 Å². The molecule has 0 saturated carbocycles. The van der Waals surface area contributed by atoms with Crippen molar-refractivity contribution in [3.8, 4) is 0 Å². The van der Waals surface area contributed by atoms with Crippen LogP contribution in [-0.4, -0.2) is 30.1 Å². The molecule has 17 heavy (non-hydrogen) atoms. The van der Waals surface area contributed by atoms with E-state index in [1.165, 1.54) is 0 Å². The first-order valence-corrected chi connectivity index (χ1v) is 5.68. The Morgan fingerprint density at radius 2 is 1.88 bits per heavy atom. The van der Waals surface area contributed by atoms with Gasteiger partial charge in [-0.15, -0.1) is 0 Å². The molecule has 1 N–H and O–H groups in total. The molecule has 0 spiro atoms. The molecule has 0 aromatic carbocycles. The molecule has 5 heteroatoms. The molecule has 0 atom stereocenters. The number of aryl methyl sites for hydroxylation is 1. The third-order valence-electron chi connectivity index (χ3n) is 2.15. The van der Waals surface area contributed by atoms with Crippen LogP contribution < -0.4 is 0 Å². The van der Waals surface area contributed by atoms with Gasteiger partial charge in [-0.3, -0.25) is 4.79 Å². The zero-order valence-electron chi connectivity index (χ0n) is 10.1. The van der Waals surface area contributed by atoms with Gasteiger partial charge in [0, 0.05) is 5.69 Å². The first-order chi connectivity index (χ1) is 8.17. The second kappa shape index (κ2) is 6.73. The van der Waals surface area contributed by atoms with Crippen LogP contribution in [0.5, 0.6) is 0 Å². The molecule has 1 aromatic rings. The average Bonchev–Trinajstić information content (AvgIpc) is 2.76. The quantitative estimate of drug-likeness (QED) is 0.767. The van der Waals surface area contributed by atoms with E-state index in [0.717, 1.165) is 5.69 Å². The number of aromatic amines is 1. The Morgan fingerprint density at radius 1 is 1.18 bits per heavy atom. The molecule has 1 rings (SSSR count). The Labute approximate surface area is 100 Å². The summed E-state index contributed by atoms with van der Waals surface area (Å²) in [6.45, 7) is 4.25. The van der Waals surface area contributed by atoms with Crippen molar-refractivity contribution < 1.29 is 19.1 Å². The molecule has 94 valence electrons. The molecule has 1 heterocycles. The molecule has 0 fully saturated rings. The average molecular weight is 239 g/mol. The Hall–Kier alpha value is -1.78. The second-order valence-electron chi connectivity index (χ2n) is 3.42. The Kier molecular flexibility index (Phi) is 5.26. The summed E-state index contributed by atoms with van der Waals surface area (Å²) in [6, 6.07) is 3.42. The van der Waals surface area contributed by atoms with Crippen LogP contribution in [-0.2, 0) is 20.7 Å². The topological polar surface area (TPSA) is 68.4 Å². The predicted octanol–water partition coefficient (Wildman–Crippen LogP) is 1.69. The van der Waals surface area contributed by atoms with E-state index in [1.54, 1.807) is 26.0 Å². The Balaban J connectivity index is 2.45. The van der Waals surface area contributed by atoms with Gasteiger partial charge in [0.1, 0.15) is 5.69 Å². The lowest BCUT2D eigenvalue weighted by Gasteiger charge is -2.00. The molecule has 0 saturated heterocycles. The van der Waals surface area contributed by atoms with Gasteiger partial charge in [0.25, 0.3) is 0 Å². The van der Waals surface area contributed by atoms with Crippen LogP contribution in [0.2, 0.25) is 0 Å². The third-order valence-corrected chi connectivity index (χ3v) is 2.15. The maximum absolute atomic E-state index is 11.4. The summed E-state index contributed by atoms with van der Waals surface area (Å²) in [5, 5.41) is 0. The summed E-state index contributed by atoms with van der Waals surface area (Å²) in [6.07, 6.45) is 0.828. The van der Waals surface area contributed by atoms with Crippen LogP contribution >= 0.6 is 0 Å². The lowest BCUT2D eigenvalue weighted by molar-refractivity contribution is -0.143. The molecule has 5 nitrogen and oxygen atoms in total. The SMILES string of the molecule is CCOC(=O)CCc1ccc(C(=O)OCC)[nH]1. The van der Waals surface area contributed by atoms with E-state index >= 15 is 0 Å². The molecule has 0 aliphatic heterocycles. The first kappa shape index (κ1) is 13.3. The normalized spacial score (nSPS) is 10.0. The van der Waals surface area contributed by atoms with Crippen LogP contribution in [0.15, 0.2) is 12.1 Å². The van der Waals surface area contributed by atoms with Gasteiger partial charge in [-0.05, 0) is 32.4 Å². The smallest absolute Gasteiger partial charge is 0.354 e. The summed E-state index contributed by atoms with van der Waals surface area (Å²) in [4.78, 5) is 25.4. The minimum Gasteiger partial charge on any atom is -0.466 e. The Morgan fingerprint density at radius 3 is 2.53 bits per heavy atom. The number of carbonyl (C=O) groups is 2. The van der Waals surface area contributed by atoms with Gasteiger partial charge in [-0.2, -0.15) is 0 Å². The molecule has 1 aromatic heterocycles. The van der Waals surface area contributed by atoms with Crippen molar-refractivity contribution in [3.63, 3.8) is 0 Å². The van der Waals surface area contributed by atoms with Crippen LogP contribution in [0.1, 0.15) is 36.5 Å². The van der Waals surface area contributed by atoms with Crippen molar-refractivity contribution in [2.45, 2.75) is 26.7 Å². The predicted molar refractivity (Wildman–Crippen MR) is 61.7 cm³/mol. The number of rotatable bonds is 6. The van der Waals surface area contributed by atoms with Crippen LogP contribution in [0, 0.1) is 0 Å². The molecule has 0 unspecified atom stereocenters. The van der Waals surface area contributed by atoms with Crippen molar-refractivity contribution in [2.75, 3.05) is 13.2 Å². The number of ether oxygens (including phenoxy) is 2. The number of aromatic nitrogens is 1. The number of hydrogen-bond donors (Lipinski definition) is 1. The Bertz CT molecular complexity index is 384. The summed E-state index contributed by atoms with van der Waals surface area (Å²) < 4.78 is 9.66. The highest BCUT2D eigenvalue weighted by Gasteiger charge is 2.10. The van der Waals surface area contributed by atoms with Crippen molar-refractivity contribution in [2.24, 2.45) is 0 Å². The summed E-state index contributed by atoms with van der Waals surface area (Å²) >= 11 is 0. The fraction of sp³-hybridized carbons (Fsp3) is 0.500. The van der Waals surface area contributed by atoms with Crippen molar-refractivity contribution in [1.29, 1.82) is 0 Å². The van der Waals surface area contributed by atoms with E-state index in [4.69, 9.17) is 9.47 Å². The number of esters is 2. The zero-order valence-corrected chi connectivity index (χ0v) is 10.1. The number of H-pyrrole nitrogens is 1. The fourth-order valence-corrected chi connectivity index (χ4v) is 1.38. The van der Waals surface area contributed by atoms with E-state index < -0.39 is 0 Å². The number of nitrogens with one attached hydrogen (secondary N) is 1. The second-order valence-corrected chi connectivity index (χ2v) is 3.42. The van der Waals surface area contributed by atoms with E-state index in [0.29, 0.717) is 31.7 Å². The van der Waals surface area contributed by atoms with Crippen LogP contribution in [0.4, 0.5) is 0 Å². The molecule has 0 bridgehead atoms. The summed E-state index contributed by atoms with van der Waals surface area (Å²) in [7, 11) is 0. The highest BCUT2D eigenvalue weighted by atomic mass is 16.5. The van der Waals surface area contributed by atoms with E-state index in [2.05, 4.69) is 4.98 Å². The van der Waals surface area contributed by atoms with Gasteiger partial charge in [0.2, 0.25) is 0 Å². The minimum atomic E-state index is -0.380. The van der Waals surface area contributed by atoms with Crippen molar-refractivity contribution in [3.05, 3.63) is 23.5 Å². The third kappa shape index (κ3) is 4.30. The molecular weight excluding hydrogens is 222 g/mol. The van der Waals surface area contributed by atoms with E-state index in [-0.39, 0.29) is 11.9 Å². The van der Waals surface area contributed by atoms with Gasteiger partial charge < -0.3 is 14.5 Å².